The van der Waals surface area contributed by atoms with Gasteiger partial charge in [0.15, 0.2) is 17.5 Å². The van der Waals surface area contributed by atoms with Crippen molar-refractivity contribution >= 4 is 35.6 Å². The Hall–Kier alpha value is -2.16. The van der Waals surface area contributed by atoms with E-state index in [0.29, 0.717) is 24.0 Å². The van der Waals surface area contributed by atoms with Crippen molar-refractivity contribution < 1.29 is 9.47 Å². The molecule has 0 spiro atoms. The van der Waals surface area contributed by atoms with Crippen LogP contribution in [0.1, 0.15) is 12.0 Å². The number of benzene rings is 2. The molecule has 4 N–H and O–H groups in total. The van der Waals surface area contributed by atoms with E-state index in [1.54, 1.807) is 14.2 Å². The summed E-state index contributed by atoms with van der Waals surface area (Å²) in [5, 5.41) is 6.48. The lowest BCUT2D eigenvalue weighted by Gasteiger charge is -2.09. The Bertz CT molecular complexity index is 680. The fourth-order valence-electron chi connectivity index (χ4n) is 2.30. The number of hydrogen-bond donors (Lipinski definition) is 3. The minimum atomic E-state index is 0. The molecule has 0 fully saturated rings. The SMILES string of the molecule is COc1ccc(CN=C(N)NCCCNc2ccccc2)cc1OC.I. The Balaban J connectivity index is 0.00000338. The Labute approximate surface area is 172 Å². The van der Waals surface area contributed by atoms with Crippen LogP contribution in [0.2, 0.25) is 0 Å². The average Bonchev–Trinajstić information content (AvgIpc) is 2.66. The molecule has 2 rings (SSSR count). The van der Waals surface area contributed by atoms with Crippen molar-refractivity contribution in [3.8, 4) is 11.5 Å². The van der Waals surface area contributed by atoms with Crippen LogP contribution in [-0.2, 0) is 6.54 Å². The largest absolute Gasteiger partial charge is 0.493 e. The Morgan fingerprint density at radius 3 is 2.42 bits per heavy atom. The molecule has 0 aliphatic carbocycles. The lowest BCUT2D eigenvalue weighted by atomic mass is 10.2. The molecular formula is C19H27IN4O2. The highest BCUT2D eigenvalue weighted by atomic mass is 127. The van der Waals surface area contributed by atoms with Crippen molar-refractivity contribution in [3.05, 3.63) is 54.1 Å². The molecule has 0 radical (unpaired) electrons. The normalized spacial score (nSPS) is 10.6. The number of anilines is 1. The van der Waals surface area contributed by atoms with E-state index in [4.69, 9.17) is 15.2 Å². The Morgan fingerprint density at radius 1 is 1.00 bits per heavy atom. The predicted octanol–water partition coefficient (Wildman–Crippen LogP) is 3.23. The van der Waals surface area contributed by atoms with E-state index in [-0.39, 0.29) is 24.0 Å². The van der Waals surface area contributed by atoms with Crippen molar-refractivity contribution in [2.24, 2.45) is 10.7 Å². The van der Waals surface area contributed by atoms with Gasteiger partial charge in [-0.25, -0.2) is 4.99 Å². The molecule has 0 amide bonds. The summed E-state index contributed by atoms with van der Waals surface area (Å²) in [6.07, 6.45) is 0.946. The van der Waals surface area contributed by atoms with Gasteiger partial charge in [0.25, 0.3) is 0 Å². The van der Waals surface area contributed by atoms with Crippen LogP contribution in [0.5, 0.6) is 11.5 Å². The number of rotatable bonds is 9. The van der Waals surface area contributed by atoms with E-state index >= 15 is 0 Å². The van der Waals surface area contributed by atoms with Crippen LogP contribution in [0.3, 0.4) is 0 Å². The molecule has 2 aromatic rings. The van der Waals surface area contributed by atoms with Gasteiger partial charge in [-0.15, -0.1) is 24.0 Å². The number of aliphatic imine (C=N–C) groups is 1. The lowest BCUT2D eigenvalue weighted by molar-refractivity contribution is 0.354. The quantitative estimate of drug-likeness (QED) is 0.227. The molecule has 0 saturated carbocycles. The third-order valence-corrected chi connectivity index (χ3v) is 3.64. The predicted molar refractivity (Wildman–Crippen MR) is 118 cm³/mol. The highest BCUT2D eigenvalue weighted by Crippen LogP contribution is 2.27. The van der Waals surface area contributed by atoms with Crippen molar-refractivity contribution in [2.75, 3.05) is 32.6 Å². The summed E-state index contributed by atoms with van der Waals surface area (Å²) >= 11 is 0. The molecule has 2 aromatic carbocycles. The van der Waals surface area contributed by atoms with Crippen LogP contribution < -0.4 is 25.8 Å². The molecule has 0 heterocycles. The molecule has 7 heteroatoms. The summed E-state index contributed by atoms with van der Waals surface area (Å²) < 4.78 is 10.5. The van der Waals surface area contributed by atoms with Crippen LogP contribution >= 0.6 is 24.0 Å². The molecule has 0 aromatic heterocycles. The second kappa shape index (κ2) is 12.2. The molecule has 0 atom stereocenters. The summed E-state index contributed by atoms with van der Waals surface area (Å²) in [5.41, 5.74) is 8.03. The monoisotopic (exact) mass is 470 g/mol. The summed E-state index contributed by atoms with van der Waals surface area (Å²) in [7, 11) is 3.23. The van der Waals surface area contributed by atoms with Gasteiger partial charge in [-0.2, -0.15) is 0 Å². The number of nitrogens with one attached hydrogen (secondary N) is 2. The summed E-state index contributed by atoms with van der Waals surface area (Å²) in [5.74, 6) is 1.83. The minimum absolute atomic E-state index is 0. The number of methoxy groups -OCH3 is 2. The van der Waals surface area contributed by atoms with Crippen molar-refractivity contribution in [1.82, 2.24) is 5.32 Å². The van der Waals surface area contributed by atoms with Gasteiger partial charge in [-0.1, -0.05) is 24.3 Å². The number of nitrogens with two attached hydrogens (primary N) is 1. The second-order valence-corrected chi connectivity index (χ2v) is 5.46. The molecule has 0 aliphatic rings. The molecule has 0 saturated heterocycles. The Morgan fingerprint density at radius 2 is 1.73 bits per heavy atom. The zero-order valence-corrected chi connectivity index (χ0v) is 17.5. The van der Waals surface area contributed by atoms with Gasteiger partial charge >= 0.3 is 0 Å². The van der Waals surface area contributed by atoms with Gasteiger partial charge in [0.2, 0.25) is 0 Å². The van der Waals surface area contributed by atoms with Crippen molar-refractivity contribution in [3.63, 3.8) is 0 Å². The highest BCUT2D eigenvalue weighted by molar-refractivity contribution is 14.0. The zero-order valence-electron chi connectivity index (χ0n) is 15.2. The van der Waals surface area contributed by atoms with Gasteiger partial charge < -0.3 is 25.8 Å². The first-order valence-corrected chi connectivity index (χ1v) is 8.26. The minimum Gasteiger partial charge on any atom is -0.493 e. The fourth-order valence-corrected chi connectivity index (χ4v) is 2.30. The molecule has 26 heavy (non-hydrogen) atoms. The van der Waals surface area contributed by atoms with Gasteiger partial charge in [0.1, 0.15) is 0 Å². The topological polar surface area (TPSA) is 80.9 Å². The first-order valence-electron chi connectivity index (χ1n) is 8.26. The summed E-state index contributed by atoms with van der Waals surface area (Å²) in [6, 6.07) is 15.8. The van der Waals surface area contributed by atoms with Gasteiger partial charge in [0, 0.05) is 18.8 Å². The van der Waals surface area contributed by atoms with Crippen LogP contribution in [-0.4, -0.2) is 33.3 Å². The number of nitrogens with zero attached hydrogens (tertiary/aromatic N) is 1. The van der Waals surface area contributed by atoms with Crippen LogP contribution in [0.25, 0.3) is 0 Å². The van der Waals surface area contributed by atoms with Crippen LogP contribution in [0.15, 0.2) is 53.5 Å². The van der Waals surface area contributed by atoms with E-state index in [1.165, 1.54) is 0 Å². The highest BCUT2D eigenvalue weighted by Gasteiger charge is 2.04. The number of hydrogen-bond acceptors (Lipinski definition) is 4. The van der Waals surface area contributed by atoms with E-state index in [0.717, 1.165) is 30.8 Å². The van der Waals surface area contributed by atoms with Crippen molar-refractivity contribution in [2.45, 2.75) is 13.0 Å². The molecule has 0 aliphatic heterocycles. The molecule has 6 nitrogen and oxygen atoms in total. The third-order valence-electron chi connectivity index (χ3n) is 3.64. The van der Waals surface area contributed by atoms with E-state index in [2.05, 4.69) is 15.6 Å². The maximum atomic E-state index is 5.90. The maximum Gasteiger partial charge on any atom is 0.188 e. The molecule has 0 unspecified atom stereocenters. The fraction of sp³-hybridized carbons (Fsp3) is 0.316. The van der Waals surface area contributed by atoms with E-state index in [9.17, 15) is 0 Å². The Kier molecular flexibility index (Phi) is 10.3. The summed E-state index contributed by atoms with van der Waals surface area (Å²) in [4.78, 5) is 4.35. The van der Waals surface area contributed by atoms with E-state index < -0.39 is 0 Å². The van der Waals surface area contributed by atoms with E-state index in [1.807, 2.05) is 48.5 Å². The van der Waals surface area contributed by atoms with Gasteiger partial charge in [-0.05, 0) is 36.2 Å². The number of ether oxygens (including phenoxy) is 2. The number of para-hydroxylation sites is 1. The number of guanidine groups is 1. The first kappa shape index (κ1) is 21.9. The molecule has 0 bridgehead atoms. The van der Waals surface area contributed by atoms with Crippen LogP contribution in [0, 0.1) is 0 Å². The zero-order chi connectivity index (χ0) is 17.9. The molecule has 142 valence electrons. The van der Waals surface area contributed by atoms with Gasteiger partial charge in [-0.3, -0.25) is 0 Å². The molecular weight excluding hydrogens is 443 g/mol. The summed E-state index contributed by atoms with van der Waals surface area (Å²) in [6.45, 7) is 2.13. The maximum absolute atomic E-state index is 5.90. The number of halogens is 1. The lowest BCUT2D eigenvalue weighted by Crippen LogP contribution is -2.33. The van der Waals surface area contributed by atoms with Gasteiger partial charge in [0.05, 0.1) is 20.8 Å². The third kappa shape index (κ3) is 7.38. The first-order chi connectivity index (χ1) is 12.2. The second-order valence-electron chi connectivity index (χ2n) is 5.46. The standard InChI is InChI=1S/C19H26N4O2.HI/c1-24-17-10-9-15(13-18(17)25-2)14-23-19(20)22-12-6-11-21-16-7-4-3-5-8-16;/h3-5,7-10,13,21H,6,11-12,14H2,1-2H3,(H3,20,22,23);1H. The van der Waals surface area contributed by atoms with Crippen LogP contribution in [0.4, 0.5) is 5.69 Å². The smallest absolute Gasteiger partial charge is 0.188 e. The average molecular weight is 470 g/mol. The van der Waals surface area contributed by atoms with Crippen molar-refractivity contribution in [1.29, 1.82) is 0 Å².